The van der Waals surface area contributed by atoms with Gasteiger partial charge in [0.1, 0.15) is 0 Å². The van der Waals surface area contributed by atoms with Crippen LogP contribution in [0.15, 0.2) is 33.6 Å². The van der Waals surface area contributed by atoms with E-state index in [1.54, 1.807) is 24.2 Å². The molecule has 3 heterocycles. The second-order valence-corrected chi connectivity index (χ2v) is 5.83. The zero-order chi connectivity index (χ0) is 16.1. The van der Waals surface area contributed by atoms with Crippen molar-refractivity contribution in [3.8, 4) is 11.4 Å². The average molecular weight is 332 g/mol. The van der Waals surface area contributed by atoms with Crippen molar-refractivity contribution in [3.05, 3.63) is 42.1 Å². The van der Waals surface area contributed by atoms with Crippen LogP contribution in [0.25, 0.3) is 11.4 Å². The Bertz CT molecular complexity index is 745. The summed E-state index contributed by atoms with van der Waals surface area (Å²) in [6.07, 6.45) is 5.40. The molecule has 0 saturated carbocycles. The second-order valence-electron chi connectivity index (χ2n) is 4.96. The van der Waals surface area contributed by atoms with E-state index in [0.29, 0.717) is 36.5 Å². The summed E-state index contributed by atoms with van der Waals surface area (Å²) in [6.45, 7) is 1.01. The molecule has 0 saturated heterocycles. The van der Waals surface area contributed by atoms with Gasteiger partial charge in [-0.3, -0.25) is 9.88 Å². The fourth-order valence-corrected chi connectivity index (χ4v) is 2.37. The van der Waals surface area contributed by atoms with Crippen LogP contribution in [-0.2, 0) is 18.8 Å². The maximum atomic E-state index is 5.27. The van der Waals surface area contributed by atoms with Gasteiger partial charge in [0.15, 0.2) is 5.82 Å². The Morgan fingerprint density at radius 1 is 1.13 bits per heavy atom. The lowest BCUT2D eigenvalue weighted by Gasteiger charge is -2.10. The molecule has 0 aliphatic heterocycles. The van der Waals surface area contributed by atoms with Crippen molar-refractivity contribution in [2.24, 2.45) is 0 Å². The summed E-state index contributed by atoms with van der Waals surface area (Å²) < 4.78 is 10.5. The Kier molecular flexibility index (Phi) is 4.99. The van der Waals surface area contributed by atoms with E-state index in [-0.39, 0.29) is 0 Å². The van der Waals surface area contributed by atoms with Gasteiger partial charge in [-0.25, -0.2) is 0 Å². The molecule has 0 fully saturated rings. The van der Waals surface area contributed by atoms with E-state index in [1.807, 2.05) is 30.3 Å². The molecular formula is C14H16N6O2S. The molecule has 0 atom stereocenters. The Morgan fingerprint density at radius 2 is 1.91 bits per heavy atom. The first-order valence-electron chi connectivity index (χ1n) is 6.96. The Hall–Kier alpha value is -2.26. The summed E-state index contributed by atoms with van der Waals surface area (Å²) in [5.41, 5.74) is 0.823. The molecule has 0 aliphatic carbocycles. The maximum absolute atomic E-state index is 5.27. The third-order valence-corrected chi connectivity index (χ3v) is 3.53. The van der Waals surface area contributed by atoms with Crippen LogP contribution in [0.2, 0.25) is 0 Å². The molecule has 3 rings (SSSR count). The number of thioether (sulfide) groups is 1. The van der Waals surface area contributed by atoms with Crippen LogP contribution in [0.1, 0.15) is 17.6 Å². The first-order valence-corrected chi connectivity index (χ1v) is 8.36. The summed E-state index contributed by atoms with van der Waals surface area (Å²) in [5.74, 6) is 3.07. The minimum absolute atomic E-state index is 0.494. The average Bonchev–Trinajstić information content (AvgIpc) is 3.18. The molecule has 23 heavy (non-hydrogen) atoms. The third kappa shape index (κ3) is 4.14. The minimum atomic E-state index is 0.494. The number of rotatable bonds is 7. The normalized spacial score (nSPS) is 11.3. The Labute approximate surface area is 137 Å². The molecule has 0 N–H and O–H groups in total. The van der Waals surface area contributed by atoms with Crippen LogP contribution in [0.4, 0.5) is 0 Å². The van der Waals surface area contributed by atoms with E-state index < -0.39 is 0 Å². The van der Waals surface area contributed by atoms with Crippen molar-refractivity contribution in [3.63, 3.8) is 0 Å². The number of pyridine rings is 1. The fraction of sp³-hybridized carbons (Fsp3) is 0.357. The van der Waals surface area contributed by atoms with Crippen molar-refractivity contribution in [2.45, 2.75) is 18.8 Å². The van der Waals surface area contributed by atoms with E-state index in [0.717, 1.165) is 11.3 Å². The van der Waals surface area contributed by atoms with Crippen molar-refractivity contribution < 1.29 is 9.05 Å². The molecule has 0 aliphatic rings. The maximum Gasteiger partial charge on any atom is 0.241 e. The molecule has 0 spiro atoms. The monoisotopic (exact) mass is 332 g/mol. The molecule has 8 nitrogen and oxygen atoms in total. The van der Waals surface area contributed by atoms with Gasteiger partial charge in [-0.15, -0.1) is 0 Å². The van der Waals surface area contributed by atoms with E-state index in [9.17, 15) is 0 Å². The molecule has 0 aromatic carbocycles. The fourth-order valence-electron chi connectivity index (χ4n) is 1.99. The van der Waals surface area contributed by atoms with E-state index in [4.69, 9.17) is 9.05 Å². The highest BCUT2D eigenvalue weighted by atomic mass is 32.2. The van der Waals surface area contributed by atoms with Gasteiger partial charge in [0.2, 0.25) is 17.6 Å². The summed E-state index contributed by atoms with van der Waals surface area (Å²) in [4.78, 5) is 14.7. The molecule has 120 valence electrons. The SMILES string of the molecule is CSCc1noc(CN(C)Cc2nc(-c3cccnc3)no2)n1. The van der Waals surface area contributed by atoms with Crippen molar-refractivity contribution in [1.82, 2.24) is 30.2 Å². The van der Waals surface area contributed by atoms with Crippen molar-refractivity contribution in [1.29, 1.82) is 0 Å². The topological polar surface area (TPSA) is 94.0 Å². The quantitative estimate of drug-likeness (QED) is 0.644. The van der Waals surface area contributed by atoms with Crippen molar-refractivity contribution >= 4 is 11.8 Å². The van der Waals surface area contributed by atoms with E-state index in [2.05, 4.69) is 25.3 Å². The molecule has 0 radical (unpaired) electrons. The molecule has 9 heteroatoms. The molecule has 3 aromatic heterocycles. The first-order chi connectivity index (χ1) is 11.2. The van der Waals surface area contributed by atoms with Crippen molar-refractivity contribution in [2.75, 3.05) is 13.3 Å². The predicted octanol–water partition coefficient (Wildman–Crippen LogP) is 2.01. The zero-order valence-corrected chi connectivity index (χ0v) is 13.7. The Balaban J connectivity index is 1.59. The van der Waals surface area contributed by atoms with Crippen LogP contribution < -0.4 is 0 Å². The lowest BCUT2D eigenvalue weighted by molar-refractivity contribution is 0.229. The smallest absolute Gasteiger partial charge is 0.241 e. The van der Waals surface area contributed by atoms with Crippen LogP contribution in [0.5, 0.6) is 0 Å². The summed E-state index contributed by atoms with van der Waals surface area (Å²) >= 11 is 1.65. The van der Waals surface area contributed by atoms with Gasteiger partial charge in [-0.1, -0.05) is 10.3 Å². The first kappa shape index (κ1) is 15.6. The predicted molar refractivity (Wildman–Crippen MR) is 84.2 cm³/mol. The molecule has 0 unspecified atom stereocenters. The van der Waals surface area contributed by atoms with E-state index in [1.165, 1.54) is 0 Å². The number of hydrogen-bond donors (Lipinski definition) is 0. The molecule has 0 bridgehead atoms. The summed E-state index contributed by atoms with van der Waals surface area (Å²) in [7, 11) is 1.92. The van der Waals surface area contributed by atoms with E-state index >= 15 is 0 Å². The van der Waals surface area contributed by atoms with Crippen LogP contribution >= 0.6 is 11.8 Å². The van der Waals surface area contributed by atoms with Gasteiger partial charge >= 0.3 is 0 Å². The van der Waals surface area contributed by atoms with Gasteiger partial charge in [-0.05, 0) is 25.4 Å². The highest BCUT2D eigenvalue weighted by molar-refractivity contribution is 7.97. The largest absolute Gasteiger partial charge is 0.338 e. The number of hydrogen-bond acceptors (Lipinski definition) is 9. The molecular weight excluding hydrogens is 316 g/mol. The van der Waals surface area contributed by atoms with Gasteiger partial charge in [-0.2, -0.15) is 21.7 Å². The lowest BCUT2D eigenvalue weighted by Crippen LogP contribution is -2.17. The second kappa shape index (κ2) is 7.34. The summed E-state index contributed by atoms with van der Waals surface area (Å²) in [5, 5.41) is 7.89. The Morgan fingerprint density at radius 3 is 2.65 bits per heavy atom. The van der Waals surface area contributed by atoms with Gasteiger partial charge < -0.3 is 9.05 Å². The van der Waals surface area contributed by atoms with Crippen LogP contribution in [0.3, 0.4) is 0 Å². The highest BCUT2D eigenvalue weighted by Gasteiger charge is 2.13. The van der Waals surface area contributed by atoms with Gasteiger partial charge in [0.25, 0.3) is 0 Å². The summed E-state index contributed by atoms with van der Waals surface area (Å²) in [6, 6.07) is 3.72. The molecule has 0 amide bonds. The minimum Gasteiger partial charge on any atom is -0.338 e. The van der Waals surface area contributed by atoms with Gasteiger partial charge in [0.05, 0.1) is 18.8 Å². The van der Waals surface area contributed by atoms with Crippen LogP contribution in [-0.4, -0.2) is 43.5 Å². The highest BCUT2D eigenvalue weighted by Crippen LogP contribution is 2.15. The van der Waals surface area contributed by atoms with Gasteiger partial charge in [0, 0.05) is 18.0 Å². The zero-order valence-electron chi connectivity index (χ0n) is 12.8. The van der Waals surface area contributed by atoms with Crippen LogP contribution in [0, 0.1) is 0 Å². The number of nitrogens with zero attached hydrogens (tertiary/aromatic N) is 6. The third-order valence-electron chi connectivity index (χ3n) is 2.98. The molecule has 3 aromatic rings. The standard InChI is InChI=1S/C14H16N6O2S/c1-20(7-12-16-11(9-23-2)18-21-12)8-13-17-14(19-22-13)10-4-3-5-15-6-10/h3-6H,7-9H2,1-2H3. The number of aromatic nitrogens is 5. The lowest BCUT2D eigenvalue weighted by atomic mass is 10.3.